The fourth-order valence-electron chi connectivity index (χ4n) is 4.07. The SMILES string of the molecule is CC(C)CC(N)C(=O)NC(C(=O)NC(Cc1ccc(O)cc1)C(=O)NC(Cc1ccccc1)C(=O)O)C(C)C. The standard InChI is InChI=1S/C29H40N4O6/c1-17(2)14-22(30)26(35)33-25(18(3)4)28(37)31-23(15-20-10-12-21(34)13-11-20)27(36)32-24(29(38)39)16-19-8-6-5-7-9-19/h5-13,17-18,22-25,34H,14-16,30H2,1-4H3,(H,31,37)(H,32,36)(H,33,35)(H,38,39). The van der Waals surface area contributed by atoms with Crippen LogP contribution in [-0.2, 0) is 32.0 Å². The summed E-state index contributed by atoms with van der Waals surface area (Å²) in [5, 5.41) is 27.3. The van der Waals surface area contributed by atoms with Crippen molar-refractivity contribution in [3.8, 4) is 5.75 Å². The molecule has 0 aliphatic heterocycles. The van der Waals surface area contributed by atoms with Crippen molar-refractivity contribution >= 4 is 23.7 Å². The van der Waals surface area contributed by atoms with Gasteiger partial charge in [-0.15, -0.1) is 0 Å². The van der Waals surface area contributed by atoms with Crippen molar-refractivity contribution in [3.63, 3.8) is 0 Å². The zero-order chi connectivity index (χ0) is 29.1. The number of amides is 3. The molecule has 2 rings (SSSR count). The van der Waals surface area contributed by atoms with Crippen molar-refractivity contribution in [1.29, 1.82) is 0 Å². The number of aromatic hydroxyl groups is 1. The number of carboxylic acid groups (broad SMARTS) is 1. The highest BCUT2D eigenvalue weighted by molar-refractivity contribution is 5.94. The van der Waals surface area contributed by atoms with Gasteiger partial charge in [-0.05, 0) is 41.5 Å². The molecule has 2 aromatic rings. The van der Waals surface area contributed by atoms with Crippen LogP contribution in [0.25, 0.3) is 0 Å². The van der Waals surface area contributed by atoms with Crippen LogP contribution in [0.1, 0.15) is 45.2 Å². The lowest BCUT2D eigenvalue weighted by molar-refractivity contribution is -0.142. The van der Waals surface area contributed by atoms with Crippen LogP contribution in [-0.4, -0.2) is 58.1 Å². The van der Waals surface area contributed by atoms with Gasteiger partial charge < -0.3 is 31.9 Å². The van der Waals surface area contributed by atoms with Gasteiger partial charge in [0.2, 0.25) is 17.7 Å². The first-order valence-electron chi connectivity index (χ1n) is 13.1. The molecule has 39 heavy (non-hydrogen) atoms. The topological polar surface area (TPSA) is 171 Å². The summed E-state index contributed by atoms with van der Waals surface area (Å²) in [7, 11) is 0. The normalized spacial score (nSPS) is 14.2. The number of carbonyl (C=O) groups is 4. The minimum Gasteiger partial charge on any atom is -0.508 e. The van der Waals surface area contributed by atoms with Crippen molar-refractivity contribution in [2.24, 2.45) is 17.6 Å². The molecule has 10 heteroatoms. The van der Waals surface area contributed by atoms with E-state index >= 15 is 0 Å². The van der Waals surface area contributed by atoms with Gasteiger partial charge in [0.05, 0.1) is 6.04 Å². The van der Waals surface area contributed by atoms with Gasteiger partial charge in [-0.2, -0.15) is 0 Å². The van der Waals surface area contributed by atoms with E-state index < -0.39 is 47.9 Å². The molecule has 0 fully saturated rings. The van der Waals surface area contributed by atoms with Crippen LogP contribution in [0, 0.1) is 11.8 Å². The summed E-state index contributed by atoms with van der Waals surface area (Å²) < 4.78 is 0. The second-order valence-electron chi connectivity index (χ2n) is 10.5. The molecule has 212 valence electrons. The molecule has 0 heterocycles. The first-order chi connectivity index (χ1) is 18.4. The molecule has 0 radical (unpaired) electrons. The molecule has 0 bridgehead atoms. The Balaban J connectivity index is 2.25. The number of hydrogen-bond donors (Lipinski definition) is 6. The Bertz CT molecular complexity index is 1100. The first-order valence-corrected chi connectivity index (χ1v) is 13.1. The van der Waals surface area contributed by atoms with Gasteiger partial charge >= 0.3 is 5.97 Å². The van der Waals surface area contributed by atoms with E-state index in [-0.39, 0.29) is 30.4 Å². The van der Waals surface area contributed by atoms with Crippen LogP contribution in [0.15, 0.2) is 54.6 Å². The number of hydrogen-bond acceptors (Lipinski definition) is 6. The van der Waals surface area contributed by atoms with Gasteiger partial charge in [-0.3, -0.25) is 14.4 Å². The molecule has 0 spiro atoms. The Morgan fingerprint density at radius 1 is 0.744 bits per heavy atom. The number of carboxylic acids is 1. The van der Waals surface area contributed by atoms with E-state index in [4.69, 9.17) is 5.73 Å². The molecule has 4 unspecified atom stereocenters. The third-order valence-corrected chi connectivity index (χ3v) is 6.22. The van der Waals surface area contributed by atoms with Crippen LogP contribution >= 0.6 is 0 Å². The Morgan fingerprint density at radius 2 is 1.28 bits per heavy atom. The maximum atomic E-state index is 13.4. The summed E-state index contributed by atoms with van der Waals surface area (Å²) in [6, 6.07) is 10.9. The Kier molecular flexibility index (Phi) is 11.9. The van der Waals surface area contributed by atoms with E-state index in [0.29, 0.717) is 12.0 Å². The second kappa shape index (κ2) is 14.9. The number of nitrogens with one attached hydrogen (secondary N) is 3. The number of carbonyl (C=O) groups excluding carboxylic acids is 3. The zero-order valence-electron chi connectivity index (χ0n) is 22.9. The van der Waals surface area contributed by atoms with Crippen molar-refractivity contribution in [2.75, 3.05) is 0 Å². The molecule has 2 aromatic carbocycles. The predicted octanol–water partition coefficient (Wildman–Crippen LogP) is 1.75. The maximum Gasteiger partial charge on any atom is 0.326 e. The zero-order valence-corrected chi connectivity index (χ0v) is 22.9. The van der Waals surface area contributed by atoms with Gasteiger partial charge in [-0.1, -0.05) is 70.2 Å². The highest BCUT2D eigenvalue weighted by Crippen LogP contribution is 2.13. The minimum absolute atomic E-state index is 0.0289. The molecule has 0 aliphatic carbocycles. The van der Waals surface area contributed by atoms with E-state index in [9.17, 15) is 29.4 Å². The van der Waals surface area contributed by atoms with Crippen LogP contribution in [0.4, 0.5) is 0 Å². The summed E-state index contributed by atoms with van der Waals surface area (Å²) >= 11 is 0. The monoisotopic (exact) mass is 540 g/mol. The maximum absolute atomic E-state index is 13.4. The molecular formula is C29H40N4O6. The van der Waals surface area contributed by atoms with Gasteiger partial charge in [0.1, 0.15) is 23.9 Å². The molecule has 7 N–H and O–H groups in total. The van der Waals surface area contributed by atoms with E-state index in [0.717, 1.165) is 5.56 Å². The Morgan fingerprint density at radius 3 is 1.82 bits per heavy atom. The van der Waals surface area contributed by atoms with Gasteiger partial charge in [0, 0.05) is 12.8 Å². The van der Waals surface area contributed by atoms with Crippen molar-refractivity contribution in [2.45, 2.75) is 71.1 Å². The van der Waals surface area contributed by atoms with Gasteiger partial charge in [0.15, 0.2) is 0 Å². The molecule has 10 nitrogen and oxygen atoms in total. The number of aliphatic carboxylic acids is 1. The van der Waals surface area contributed by atoms with Crippen molar-refractivity contribution in [1.82, 2.24) is 16.0 Å². The van der Waals surface area contributed by atoms with Crippen LogP contribution in [0.5, 0.6) is 5.75 Å². The molecule has 0 saturated heterocycles. The average Bonchev–Trinajstić information content (AvgIpc) is 2.87. The Hall–Kier alpha value is -3.92. The van der Waals surface area contributed by atoms with Crippen LogP contribution in [0.2, 0.25) is 0 Å². The molecule has 0 aromatic heterocycles. The predicted molar refractivity (Wildman–Crippen MR) is 148 cm³/mol. The summed E-state index contributed by atoms with van der Waals surface area (Å²) in [5.41, 5.74) is 7.35. The lowest BCUT2D eigenvalue weighted by atomic mass is 9.99. The summed E-state index contributed by atoms with van der Waals surface area (Å²) in [6.07, 6.45) is 0.531. The van der Waals surface area contributed by atoms with Crippen molar-refractivity contribution < 1.29 is 29.4 Å². The molecule has 4 atom stereocenters. The largest absolute Gasteiger partial charge is 0.508 e. The van der Waals surface area contributed by atoms with E-state index in [1.54, 1.807) is 56.3 Å². The summed E-state index contributed by atoms with van der Waals surface area (Å²) in [4.78, 5) is 51.3. The summed E-state index contributed by atoms with van der Waals surface area (Å²) in [5.74, 6) is -3.05. The van der Waals surface area contributed by atoms with Crippen LogP contribution < -0.4 is 21.7 Å². The van der Waals surface area contributed by atoms with E-state index in [2.05, 4.69) is 16.0 Å². The minimum atomic E-state index is -1.23. The quantitative estimate of drug-likeness (QED) is 0.212. The number of phenols is 1. The first kappa shape index (κ1) is 31.3. The van der Waals surface area contributed by atoms with Crippen molar-refractivity contribution in [3.05, 3.63) is 65.7 Å². The highest BCUT2D eigenvalue weighted by atomic mass is 16.4. The highest BCUT2D eigenvalue weighted by Gasteiger charge is 2.32. The number of rotatable bonds is 14. The second-order valence-corrected chi connectivity index (χ2v) is 10.5. The van der Waals surface area contributed by atoms with E-state index in [1.165, 1.54) is 12.1 Å². The fraction of sp³-hybridized carbons (Fsp3) is 0.448. The van der Waals surface area contributed by atoms with E-state index in [1.807, 2.05) is 13.8 Å². The molecule has 0 saturated carbocycles. The average molecular weight is 541 g/mol. The molecular weight excluding hydrogens is 500 g/mol. The number of phenolic OH excluding ortho intramolecular Hbond substituents is 1. The lowest BCUT2D eigenvalue weighted by Gasteiger charge is -2.27. The lowest BCUT2D eigenvalue weighted by Crippen LogP contribution is -2.59. The van der Waals surface area contributed by atoms with Crippen LogP contribution in [0.3, 0.4) is 0 Å². The number of benzene rings is 2. The third kappa shape index (κ3) is 10.4. The Labute approximate surface area is 229 Å². The molecule has 0 aliphatic rings. The number of nitrogens with two attached hydrogens (primary N) is 1. The smallest absolute Gasteiger partial charge is 0.326 e. The van der Waals surface area contributed by atoms with Gasteiger partial charge in [-0.25, -0.2) is 4.79 Å². The summed E-state index contributed by atoms with van der Waals surface area (Å²) in [6.45, 7) is 7.39. The third-order valence-electron chi connectivity index (χ3n) is 6.22. The van der Waals surface area contributed by atoms with Gasteiger partial charge in [0.25, 0.3) is 0 Å². The molecule has 3 amide bonds. The fourth-order valence-corrected chi connectivity index (χ4v) is 4.07.